The molecule has 1 heterocycles. The minimum atomic E-state index is 0.335. The molecule has 0 aliphatic rings. The van der Waals surface area contributed by atoms with Gasteiger partial charge >= 0.3 is 0 Å². The van der Waals surface area contributed by atoms with Crippen LogP contribution in [-0.2, 0) is 6.54 Å². The van der Waals surface area contributed by atoms with Crippen molar-refractivity contribution in [1.82, 2.24) is 9.97 Å². The van der Waals surface area contributed by atoms with Crippen LogP contribution < -0.4 is 10.2 Å². The molecule has 0 radical (unpaired) electrons. The third kappa shape index (κ3) is 4.57. The highest BCUT2D eigenvalue weighted by Gasteiger charge is 2.13. The van der Waals surface area contributed by atoms with Crippen LogP contribution in [-0.4, -0.2) is 16.0 Å². The van der Waals surface area contributed by atoms with Crippen molar-refractivity contribution in [2.24, 2.45) is 0 Å². The molecule has 4 nitrogen and oxygen atoms in total. The summed E-state index contributed by atoms with van der Waals surface area (Å²) >= 11 is 0. The first-order chi connectivity index (χ1) is 12.1. The number of aromatic nitrogens is 2. The van der Waals surface area contributed by atoms with E-state index in [4.69, 9.17) is 0 Å². The lowest BCUT2D eigenvalue weighted by Crippen LogP contribution is -2.31. The topological polar surface area (TPSA) is 41.0 Å². The van der Waals surface area contributed by atoms with Gasteiger partial charge in [0.25, 0.3) is 0 Å². The smallest absolute Gasteiger partial charge is 0.135 e. The molecule has 0 spiro atoms. The maximum atomic E-state index is 4.49. The van der Waals surface area contributed by atoms with E-state index >= 15 is 0 Å². The van der Waals surface area contributed by atoms with Gasteiger partial charge in [0.05, 0.1) is 0 Å². The van der Waals surface area contributed by atoms with Crippen molar-refractivity contribution in [3.8, 4) is 0 Å². The monoisotopic (exact) mass is 332 g/mol. The molecule has 0 aliphatic carbocycles. The van der Waals surface area contributed by atoms with Crippen LogP contribution in [0.3, 0.4) is 0 Å². The maximum Gasteiger partial charge on any atom is 0.135 e. The van der Waals surface area contributed by atoms with Crippen molar-refractivity contribution in [3.63, 3.8) is 0 Å². The molecule has 1 aromatic heterocycles. The van der Waals surface area contributed by atoms with Gasteiger partial charge in [0.1, 0.15) is 18.0 Å². The second kappa shape index (κ2) is 7.79. The molecule has 25 heavy (non-hydrogen) atoms. The highest BCUT2D eigenvalue weighted by atomic mass is 15.2. The molecule has 128 valence electrons. The number of benzene rings is 2. The summed E-state index contributed by atoms with van der Waals surface area (Å²) in [5.74, 6) is 1.72. The van der Waals surface area contributed by atoms with Gasteiger partial charge in [-0.25, -0.2) is 9.97 Å². The second-order valence-electron chi connectivity index (χ2n) is 6.46. The lowest BCUT2D eigenvalue weighted by molar-refractivity contribution is 0.671. The summed E-state index contributed by atoms with van der Waals surface area (Å²) in [4.78, 5) is 11.1. The Morgan fingerprint density at radius 3 is 2.48 bits per heavy atom. The number of nitrogens with zero attached hydrogens (tertiary/aromatic N) is 3. The zero-order valence-corrected chi connectivity index (χ0v) is 15.0. The van der Waals surface area contributed by atoms with Crippen LogP contribution >= 0.6 is 0 Å². The van der Waals surface area contributed by atoms with E-state index in [9.17, 15) is 0 Å². The van der Waals surface area contributed by atoms with E-state index < -0.39 is 0 Å². The number of aryl methyl sites for hydroxylation is 1. The molecule has 0 unspecified atom stereocenters. The number of hydrogen-bond donors (Lipinski definition) is 1. The minimum absolute atomic E-state index is 0.335. The molecular weight excluding hydrogens is 308 g/mol. The Morgan fingerprint density at radius 2 is 1.76 bits per heavy atom. The molecule has 0 fully saturated rings. The van der Waals surface area contributed by atoms with Crippen molar-refractivity contribution in [2.45, 2.75) is 33.4 Å². The molecule has 0 atom stereocenters. The van der Waals surface area contributed by atoms with Gasteiger partial charge in [0.15, 0.2) is 0 Å². The fourth-order valence-corrected chi connectivity index (χ4v) is 2.75. The summed E-state index contributed by atoms with van der Waals surface area (Å²) in [6, 6.07) is 21.1. The van der Waals surface area contributed by atoms with E-state index in [1.807, 2.05) is 24.3 Å². The van der Waals surface area contributed by atoms with Crippen molar-refractivity contribution >= 4 is 17.3 Å². The lowest BCUT2D eigenvalue weighted by atomic mass is 10.2. The van der Waals surface area contributed by atoms with Gasteiger partial charge in [-0.2, -0.15) is 0 Å². The third-order valence-corrected chi connectivity index (χ3v) is 4.06. The van der Waals surface area contributed by atoms with Gasteiger partial charge in [-0.15, -0.1) is 0 Å². The van der Waals surface area contributed by atoms with E-state index in [2.05, 4.69) is 77.4 Å². The van der Waals surface area contributed by atoms with E-state index in [-0.39, 0.29) is 0 Å². The van der Waals surface area contributed by atoms with Crippen molar-refractivity contribution in [2.75, 3.05) is 10.2 Å². The summed E-state index contributed by atoms with van der Waals surface area (Å²) in [5, 5.41) is 3.37. The highest BCUT2D eigenvalue weighted by molar-refractivity contribution is 5.60. The van der Waals surface area contributed by atoms with Gasteiger partial charge in [-0.1, -0.05) is 42.5 Å². The average Bonchev–Trinajstić information content (AvgIpc) is 2.60. The predicted molar refractivity (Wildman–Crippen MR) is 104 cm³/mol. The van der Waals surface area contributed by atoms with E-state index in [0.29, 0.717) is 6.04 Å². The van der Waals surface area contributed by atoms with Crippen molar-refractivity contribution in [3.05, 3.63) is 78.1 Å². The molecule has 4 heteroatoms. The Bertz CT molecular complexity index is 815. The number of anilines is 3. The quantitative estimate of drug-likeness (QED) is 0.694. The second-order valence-corrected chi connectivity index (χ2v) is 6.46. The first-order valence-electron chi connectivity index (χ1n) is 8.58. The Morgan fingerprint density at radius 1 is 0.960 bits per heavy atom. The standard InChI is InChI=1S/C21H24N4/c1-16(2)25(14-18-9-5-4-6-10-18)21-13-20(22-15-23-21)24-19-11-7-8-17(3)12-19/h4-13,15-16H,14H2,1-3H3,(H,22,23,24). The SMILES string of the molecule is Cc1cccc(Nc2cc(N(Cc3ccccc3)C(C)C)ncn2)c1. The van der Waals surface area contributed by atoms with Crippen LogP contribution in [0.15, 0.2) is 67.0 Å². The van der Waals surface area contributed by atoms with Crippen LogP contribution in [0.5, 0.6) is 0 Å². The van der Waals surface area contributed by atoms with Crippen molar-refractivity contribution in [1.29, 1.82) is 0 Å². The summed E-state index contributed by atoms with van der Waals surface area (Å²) in [7, 11) is 0. The fourth-order valence-electron chi connectivity index (χ4n) is 2.75. The van der Waals surface area contributed by atoms with E-state index in [1.54, 1.807) is 6.33 Å². The predicted octanol–water partition coefficient (Wildman–Crippen LogP) is 4.94. The van der Waals surface area contributed by atoms with Crippen LogP contribution in [0.1, 0.15) is 25.0 Å². The first kappa shape index (κ1) is 17.0. The molecule has 0 bridgehead atoms. The largest absolute Gasteiger partial charge is 0.350 e. The summed E-state index contributed by atoms with van der Waals surface area (Å²) in [6.07, 6.45) is 1.62. The van der Waals surface area contributed by atoms with Crippen LogP contribution in [0, 0.1) is 6.92 Å². The summed E-state index contributed by atoms with van der Waals surface area (Å²) in [6.45, 7) is 7.26. The molecule has 3 aromatic rings. The van der Waals surface area contributed by atoms with Crippen LogP contribution in [0.4, 0.5) is 17.3 Å². The zero-order valence-electron chi connectivity index (χ0n) is 15.0. The minimum Gasteiger partial charge on any atom is -0.350 e. The molecule has 0 amide bonds. The van der Waals surface area contributed by atoms with Gasteiger partial charge in [-0.05, 0) is 44.0 Å². The first-order valence-corrected chi connectivity index (χ1v) is 8.58. The molecule has 1 N–H and O–H groups in total. The van der Waals surface area contributed by atoms with E-state index in [1.165, 1.54) is 11.1 Å². The molecule has 0 saturated carbocycles. The van der Waals surface area contributed by atoms with Crippen LogP contribution in [0.2, 0.25) is 0 Å². The normalized spacial score (nSPS) is 10.7. The average molecular weight is 332 g/mol. The maximum absolute atomic E-state index is 4.49. The van der Waals surface area contributed by atoms with Gasteiger partial charge < -0.3 is 10.2 Å². The molecule has 2 aromatic carbocycles. The molecule has 0 aliphatic heterocycles. The molecule has 3 rings (SSSR count). The van der Waals surface area contributed by atoms with Gasteiger partial charge in [0, 0.05) is 24.3 Å². The van der Waals surface area contributed by atoms with Gasteiger partial charge in [-0.3, -0.25) is 0 Å². The highest BCUT2D eigenvalue weighted by Crippen LogP contribution is 2.22. The zero-order chi connectivity index (χ0) is 17.6. The van der Waals surface area contributed by atoms with Crippen molar-refractivity contribution < 1.29 is 0 Å². The lowest BCUT2D eigenvalue weighted by Gasteiger charge is -2.28. The summed E-state index contributed by atoms with van der Waals surface area (Å²) in [5.41, 5.74) is 3.51. The Balaban J connectivity index is 1.82. The Hall–Kier alpha value is -2.88. The Kier molecular flexibility index (Phi) is 5.29. The van der Waals surface area contributed by atoms with Crippen LogP contribution in [0.25, 0.3) is 0 Å². The molecule has 0 saturated heterocycles. The Labute approximate surface area is 149 Å². The number of hydrogen-bond acceptors (Lipinski definition) is 4. The summed E-state index contributed by atoms with van der Waals surface area (Å²) < 4.78 is 0. The molecular formula is C21H24N4. The fraction of sp³-hybridized carbons (Fsp3) is 0.238. The number of rotatable bonds is 6. The third-order valence-electron chi connectivity index (χ3n) is 4.06. The van der Waals surface area contributed by atoms with E-state index in [0.717, 1.165) is 23.9 Å². The van der Waals surface area contributed by atoms with Gasteiger partial charge in [0.2, 0.25) is 0 Å². The number of nitrogens with one attached hydrogen (secondary N) is 1.